The number of aryl methyl sites for hydroxylation is 2. The van der Waals surface area contributed by atoms with Crippen molar-refractivity contribution in [1.82, 2.24) is 5.32 Å². The second-order valence-electron chi connectivity index (χ2n) is 6.81. The smallest absolute Gasteiger partial charge is 0.291 e. The van der Waals surface area contributed by atoms with Crippen LogP contribution >= 0.6 is 11.3 Å². The Morgan fingerprint density at radius 3 is 2.37 bits per heavy atom. The highest BCUT2D eigenvalue weighted by molar-refractivity contribution is 7.18. The van der Waals surface area contributed by atoms with Gasteiger partial charge in [0.05, 0.1) is 36.4 Å². The van der Waals surface area contributed by atoms with Gasteiger partial charge < -0.3 is 24.5 Å². The second kappa shape index (κ2) is 9.04. The van der Waals surface area contributed by atoms with E-state index in [9.17, 15) is 9.59 Å². The predicted molar refractivity (Wildman–Crippen MR) is 116 cm³/mol. The van der Waals surface area contributed by atoms with E-state index in [0.717, 1.165) is 16.7 Å². The van der Waals surface area contributed by atoms with Gasteiger partial charge in [0, 0.05) is 0 Å². The highest BCUT2D eigenvalue weighted by Gasteiger charge is 2.20. The fraction of sp³-hybridized carbons (Fsp3) is 0.273. The maximum atomic E-state index is 12.9. The van der Waals surface area contributed by atoms with Gasteiger partial charge in [-0.15, -0.1) is 11.3 Å². The molecule has 30 heavy (non-hydrogen) atoms. The van der Waals surface area contributed by atoms with Crippen molar-refractivity contribution in [2.45, 2.75) is 26.8 Å². The molecule has 2 heterocycles. The van der Waals surface area contributed by atoms with E-state index in [1.54, 1.807) is 32.4 Å². The summed E-state index contributed by atoms with van der Waals surface area (Å²) < 4.78 is 15.8. The summed E-state index contributed by atoms with van der Waals surface area (Å²) in [6, 6.07) is 8.50. The number of methoxy groups -OCH3 is 2. The number of hydrogen-bond donors (Lipinski definition) is 2. The first kappa shape index (κ1) is 21.4. The Morgan fingerprint density at radius 2 is 1.73 bits per heavy atom. The summed E-state index contributed by atoms with van der Waals surface area (Å²) in [5.41, 5.74) is 2.69. The Kier molecular flexibility index (Phi) is 6.47. The molecule has 3 rings (SSSR count). The number of nitrogens with one attached hydrogen (secondary N) is 2. The quantitative estimate of drug-likeness (QED) is 0.568. The van der Waals surface area contributed by atoms with Crippen LogP contribution in [0.3, 0.4) is 0 Å². The van der Waals surface area contributed by atoms with E-state index >= 15 is 0 Å². The third kappa shape index (κ3) is 4.49. The summed E-state index contributed by atoms with van der Waals surface area (Å²) in [6.07, 6.45) is 1.44. The van der Waals surface area contributed by atoms with Crippen molar-refractivity contribution in [3.05, 3.63) is 63.9 Å². The molecular weight excluding hydrogens is 404 g/mol. The van der Waals surface area contributed by atoms with Gasteiger partial charge in [-0.25, -0.2) is 0 Å². The second-order valence-corrected chi connectivity index (χ2v) is 7.87. The number of carbonyl (C=O) groups excluding carboxylic acids is 2. The van der Waals surface area contributed by atoms with Crippen molar-refractivity contribution in [3.8, 4) is 11.5 Å². The average Bonchev–Trinajstić information content (AvgIpc) is 3.37. The molecule has 7 nitrogen and oxygen atoms in total. The number of benzene rings is 1. The Hall–Kier alpha value is -3.26. The number of rotatable bonds is 7. The summed E-state index contributed by atoms with van der Waals surface area (Å²) in [5.74, 6) is 0.891. The molecule has 0 spiro atoms. The molecule has 0 radical (unpaired) electrons. The third-order valence-electron chi connectivity index (χ3n) is 4.69. The summed E-state index contributed by atoms with van der Waals surface area (Å²) in [6.45, 7) is 5.70. The van der Waals surface area contributed by atoms with Crippen LogP contribution in [0.1, 0.15) is 49.9 Å². The van der Waals surface area contributed by atoms with E-state index in [0.29, 0.717) is 21.4 Å². The standard InChI is InChI=1S/C22H24N2O5S/c1-12-9-17(27-4)18(28-5)11-15(12)14(3)23-22(26)20-13(2)10-19(30-20)24-21(25)16-7-6-8-29-16/h6-11,14H,1-5H3,(H,23,26)(H,24,25). The van der Waals surface area contributed by atoms with Crippen molar-refractivity contribution in [3.63, 3.8) is 0 Å². The molecule has 3 aromatic rings. The zero-order valence-electron chi connectivity index (χ0n) is 17.5. The average molecular weight is 429 g/mol. The third-order valence-corrected chi connectivity index (χ3v) is 5.84. The van der Waals surface area contributed by atoms with Crippen molar-refractivity contribution < 1.29 is 23.5 Å². The van der Waals surface area contributed by atoms with Crippen LogP contribution < -0.4 is 20.1 Å². The molecule has 0 aliphatic heterocycles. The van der Waals surface area contributed by atoms with Crippen molar-refractivity contribution >= 4 is 28.2 Å². The molecule has 1 aromatic carbocycles. The highest BCUT2D eigenvalue weighted by atomic mass is 32.1. The minimum absolute atomic E-state index is 0.210. The van der Waals surface area contributed by atoms with Gasteiger partial charge >= 0.3 is 0 Å². The van der Waals surface area contributed by atoms with Gasteiger partial charge in [0.1, 0.15) is 0 Å². The normalized spacial score (nSPS) is 11.6. The van der Waals surface area contributed by atoms with Gasteiger partial charge in [-0.1, -0.05) is 0 Å². The number of furan rings is 1. The van der Waals surface area contributed by atoms with E-state index in [1.165, 1.54) is 17.6 Å². The Balaban J connectivity index is 1.74. The maximum absolute atomic E-state index is 12.9. The van der Waals surface area contributed by atoms with Gasteiger partial charge in [0.2, 0.25) is 0 Å². The van der Waals surface area contributed by atoms with E-state index in [4.69, 9.17) is 13.9 Å². The number of carbonyl (C=O) groups is 2. The fourth-order valence-electron chi connectivity index (χ4n) is 3.15. The summed E-state index contributed by atoms with van der Waals surface area (Å²) in [4.78, 5) is 25.6. The first-order valence-corrected chi connectivity index (χ1v) is 10.1. The Morgan fingerprint density at radius 1 is 1.03 bits per heavy atom. The lowest BCUT2D eigenvalue weighted by atomic mass is 10.0. The topological polar surface area (TPSA) is 89.8 Å². The van der Waals surface area contributed by atoms with Crippen LogP contribution in [0.15, 0.2) is 41.0 Å². The lowest BCUT2D eigenvalue weighted by molar-refractivity contribution is 0.0942. The molecule has 0 aliphatic carbocycles. The van der Waals surface area contributed by atoms with Gasteiger partial charge in [-0.2, -0.15) is 0 Å². The van der Waals surface area contributed by atoms with Crippen LogP contribution in [0.2, 0.25) is 0 Å². The van der Waals surface area contributed by atoms with Crippen molar-refractivity contribution in [2.75, 3.05) is 19.5 Å². The van der Waals surface area contributed by atoms with Gasteiger partial charge in [-0.05, 0) is 67.8 Å². The highest BCUT2D eigenvalue weighted by Crippen LogP contribution is 2.33. The lowest BCUT2D eigenvalue weighted by Crippen LogP contribution is -2.27. The zero-order valence-corrected chi connectivity index (χ0v) is 18.3. The van der Waals surface area contributed by atoms with Gasteiger partial charge in [0.25, 0.3) is 11.8 Å². The molecule has 0 fully saturated rings. The number of anilines is 1. The minimum atomic E-state index is -0.359. The molecule has 8 heteroatoms. The molecular formula is C22H24N2O5S. The van der Waals surface area contributed by atoms with Crippen LogP contribution in [0.25, 0.3) is 0 Å². The molecule has 0 saturated carbocycles. The fourth-order valence-corrected chi connectivity index (χ4v) is 4.12. The van der Waals surface area contributed by atoms with Crippen LogP contribution in [0.5, 0.6) is 11.5 Å². The van der Waals surface area contributed by atoms with E-state index in [1.807, 2.05) is 32.9 Å². The van der Waals surface area contributed by atoms with Crippen molar-refractivity contribution in [2.24, 2.45) is 0 Å². The molecule has 0 aliphatic rings. The van der Waals surface area contributed by atoms with Crippen LogP contribution in [0, 0.1) is 13.8 Å². The van der Waals surface area contributed by atoms with Crippen LogP contribution in [0.4, 0.5) is 5.00 Å². The number of thiophene rings is 1. The molecule has 0 bridgehead atoms. The van der Waals surface area contributed by atoms with Gasteiger partial charge in [-0.3, -0.25) is 9.59 Å². The first-order valence-electron chi connectivity index (χ1n) is 9.32. The number of ether oxygens (including phenoxy) is 2. The van der Waals surface area contributed by atoms with E-state index in [-0.39, 0.29) is 23.6 Å². The summed E-state index contributed by atoms with van der Waals surface area (Å²) in [7, 11) is 3.16. The Bertz CT molecular complexity index is 1060. The Labute approximate surface area is 179 Å². The first-order chi connectivity index (χ1) is 14.3. The molecule has 2 aromatic heterocycles. The van der Waals surface area contributed by atoms with Crippen LogP contribution in [-0.2, 0) is 0 Å². The predicted octanol–water partition coefficient (Wildman–Crippen LogP) is 4.72. The molecule has 2 amide bonds. The number of hydrogen-bond acceptors (Lipinski definition) is 6. The SMILES string of the molecule is COc1cc(C)c(C(C)NC(=O)c2sc(NC(=O)c3ccco3)cc2C)cc1OC. The van der Waals surface area contributed by atoms with Crippen LogP contribution in [-0.4, -0.2) is 26.0 Å². The molecule has 1 unspecified atom stereocenters. The van der Waals surface area contributed by atoms with Gasteiger partial charge in [0.15, 0.2) is 17.3 Å². The molecule has 2 N–H and O–H groups in total. The lowest BCUT2D eigenvalue weighted by Gasteiger charge is -2.19. The van der Waals surface area contributed by atoms with Crippen molar-refractivity contribution in [1.29, 1.82) is 0 Å². The van der Waals surface area contributed by atoms with E-state index in [2.05, 4.69) is 10.6 Å². The monoisotopic (exact) mass is 428 g/mol. The molecule has 0 saturated heterocycles. The minimum Gasteiger partial charge on any atom is -0.493 e. The maximum Gasteiger partial charge on any atom is 0.291 e. The van der Waals surface area contributed by atoms with E-state index < -0.39 is 0 Å². The zero-order chi connectivity index (χ0) is 21.8. The summed E-state index contributed by atoms with van der Waals surface area (Å²) in [5, 5.41) is 6.36. The number of amides is 2. The molecule has 1 atom stereocenters. The summed E-state index contributed by atoms with van der Waals surface area (Å²) >= 11 is 1.22. The molecule has 158 valence electrons. The largest absolute Gasteiger partial charge is 0.493 e.